The molecule has 8 nitrogen and oxygen atoms in total. The van der Waals surface area contributed by atoms with Crippen LogP contribution in [-0.4, -0.2) is 51.0 Å². The fourth-order valence-corrected chi connectivity index (χ4v) is 7.56. The molecule has 6 rings (SSSR count). The van der Waals surface area contributed by atoms with Gasteiger partial charge in [0.1, 0.15) is 16.9 Å². The van der Waals surface area contributed by atoms with Gasteiger partial charge in [-0.1, -0.05) is 36.9 Å². The molecule has 2 heterocycles. The average molecular weight is 660 g/mol. The number of halogens is 3. The largest absolute Gasteiger partial charge is 0.493 e. The predicted octanol–water partition coefficient (Wildman–Crippen LogP) is 6.59. The first-order valence-electron chi connectivity index (χ1n) is 15.3. The lowest BCUT2D eigenvalue weighted by Crippen LogP contribution is -2.57. The Morgan fingerprint density at radius 2 is 1.62 bits per heavy atom. The van der Waals surface area contributed by atoms with E-state index in [1.54, 1.807) is 18.2 Å². The van der Waals surface area contributed by atoms with Crippen LogP contribution in [0.5, 0.6) is 5.75 Å². The average Bonchev–Trinajstić information content (AvgIpc) is 3.40. The lowest BCUT2D eigenvalue weighted by atomic mass is 9.90. The maximum atomic E-state index is 16.5. The van der Waals surface area contributed by atoms with Gasteiger partial charge in [0.05, 0.1) is 11.5 Å². The topological polar surface area (TPSA) is 115 Å². The Labute approximate surface area is 265 Å². The Bertz CT molecular complexity index is 1780. The number of ether oxygens (including phenoxy) is 1. The van der Waals surface area contributed by atoms with Crippen molar-refractivity contribution in [1.29, 1.82) is 0 Å². The number of nitrogens with one attached hydrogen (secondary N) is 1. The van der Waals surface area contributed by atoms with E-state index in [9.17, 15) is 13.2 Å². The van der Waals surface area contributed by atoms with Crippen LogP contribution in [0.3, 0.4) is 0 Å². The highest BCUT2D eigenvalue weighted by Gasteiger charge is 2.50. The summed E-state index contributed by atoms with van der Waals surface area (Å²) in [6.45, 7) is 0.824. The molecule has 0 unspecified atom stereocenters. The molecule has 1 aliphatic heterocycles. The normalized spacial score (nSPS) is 18.0. The number of alkyl halides is 2. The van der Waals surface area contributed by atoms with Gasteiger partial charge in [-0.2, -0.15) is 13.5 Å². The minimum Gasteiger partial charge on any atom is -0.493 e. The molecule has 45 heavy (non-hydrogen) atoms. The van der Waals surface area contributed by atoms with Gasteiger partial charge in [0, 0.05) is 46.6 Å². The lowest BCUT2D eigenvalue weighted by Gasteiger charge is -2.35. The van der Waals surface area contributed by atoms with Crippen molar-refractivity contribution in [2.24, 2.45) is 11.7 Å². The Balaban J connectivity index is 1.28. The first-order chi connectivity index (χ1) is 21.5. The number of benzene rings is 3. The van der Waals surface area contributed by atoms with Crippen molar-refractivity contribution in [3.8, 4) is 5.75 Å². The number of nitrogens with two attached hydrogens (primary N) is 1. The van der Waals surface area contributed by atoms with Gasteiger partial charge < -0.3 is 19.8 Å². The quantitative estimate of drug-likeness (QED) is 0.210. The number of likely N-dealkylation sites (tertiary alicyclic amines) is 1. The minimum atomic E-state index is -4.56. The molecule has 1 saturated heterocycles. The number of nitrogens with zero attached hydrogens (tertiary/aromatic N) is 1. The zero-order valence-corrected chi connectivity index (χ0v) is 26.3. The molecule has 12 heteroatoms. The van der Waals surface area contributed by atoms with Crippen LogP contribution < -0.4 is 15.2 Å². The molecule has 240 valence electrons. The van der Waals surface area contributed by atoms with E-state index in [-0.39, 0.29) is 29.6 Å². The summed E-state index contributed by atoms with van der Waals surface area (Å²) in [7, 11) is -4.56. The summed E-state index contributed by atoms with van der Waals surface area (Å²) in [5.41, 5.74) is 5.98. The Kier molecular flexibility index (Phi) is 9.07. The van der Waals surface area contributed by atoms with Crippen LogP contribution in [0.1, 0.15) is 50.5 Å². The van der Waals surface area contributed by atoms with Crippen molar-refractivity contribution in [2.75, 3.05) is 19.7 Å². The summed E-state index contributed by atoms with van der Waals surface area (Å²) in [5, 5.41) is 1.70. The third-order valence-corrected chi connectivity index (χ3v) is 10.6. The summed E-state index contributed by atoms with van der Waals surface area (Å²) in [6, 6.07) is 11.8. The van der Waals surface area contributed by atoms with Crippen molar-refractivity contribution in [1.82, 2.24) is 9.62 Å². The first-order valence-corrected chi connectivity index (χ1v) is 17.2. The molecule has 4 aromatic rings. The number of carbonyl (C=O) groups excluding carboxylic acids is 1. The van der Waals surface area contributed by atoms with Crippen LogP contribution in [0.4, 0.5) is 8.78 Å². The second kappa shape index (κ2) is 12.9. The van der Waals surface area contributed by atoms with E-state index in [1.807, 2.05) is 0 Å². The van der Waals surface area contributed by atoms with E-state index in [1.165, 1.54) is 60.6 Å². The number of sulfonamides is 1. The van der Waals surface area contributed by atoms with Gasteiger partial charge in [0.2, 0.25) is 15.9 Å². The highest BCUT2D eigenvalue weighted by atomic mass is 35.5. The monoisotopic (exact) mass is 659 g/mol. The maximum absolute atomic E-state index is 16.5. The lowest BCUT2D eigenvalue weighted by molar-refractivity contribution is -0.145. The van der Waals surface area contributed by atoms with E-state index in [2.05, 4.69) is 4.72 Å². The molecule has 2 aliphatic rings. The first kappa shape index (κ1) is 31.7. The predicted molar refractivity (Wildman–Crippen MR) is 169 cm³/mol. The van der Waals surface area contributed by atoms with Crippen LogP contribution in [0.2, 0.25) is 5.02 Å². The summed E-state index contributed by atoms with van der Waals surface area (Å²) >= 11 is 6.08. The van der Waals surface area contributed by atoms with Crippen molar-refractivity contribution in [3.05, 3.63) is 71.2 Å². The SMILES string of the molecule is NC1CCN(C(=O)[C@@H](NS(=O)(=O)c2ccc(OCC3CCCCC3)cc2)C(F)(F)c2ccc3c(c2)oc2cc(Cl)ccc23)CC1. The van der Waals surface area contributed by atoms with Crippen LogP contribution in [-0.2, 0) is 20.7 Å². The highest BCUT2D eigenvalue weighted by molar-refractivity contribution is 7.89. The molecule has 0 bridgehead atoms. The number of hydrogen-bond acceptors (Lipinski definition) is 6. The van der Waals surface area contributed by atoms with Gasteiger partial charge in [0.25, 0.3) is 5.92 Å². The van der Waals surface area contributed by atoms with Crippen LogP contribution in [0.25, 0.3) is 21.9 Å². The van der Waals surface area contributed by atoms with Crippen LogP contribution in [0.15, 0.2) is 70.0 Å². The van der Waals surface area contributed by atoms with Gasteiger partial charge in [-0.25, -0.2) is 8.42 Å². The standard InChI is InChI=1S/C33H36ClF2N3O5S/c34-23-7-13-28-27-12-6-22(18-29(27)44-30(28)19-23)33(35,36)31(32(40)39-16-14-24(37)15-17-39)38-45(41,42)26-10-8-25(9-11-26)43-20-21-4-2-1-3-5-21/h6-13,18-19,21,24,31,38H,1-5,14-17,20,37H2/t31-/m1/s1. The molecule has 1 saturated carbocycles. The zero-order chi connectivity index (χ0) is 31.8. The Morgan fingerprint density at radius 3 is 2.31 bits per heavy atom. The van der Waals surface area contributed by atoms with Crippen LogP contribution >= 0.6 is 11.6 Å². The number of furan rings is 1. The molecule has 1 aliphatic carbocycles. The summed E-state index contributed by atoms with van der Waals surface area (Å²) in [6.07, 6.45) is 6.62. The van der Waals surface area contributed by atoms with Crippen LogP contribution in [0, 0.1) is 5.92 Å². The van der Waals surface area contributed by atoms with Gasteiger partial charge in [-0.3, -0.25) is 4.79 Å². The molecule has 1 atom stereocenters. The highest BCUT2D eigenvalue weighted by Crippen LogP contribution is 2.38. The number of fused-ring (bicyclic) bond motifs is 3. The molecule has 3 aromatic carbocycles. The maximum Gasteiger partial charge on any atom is 0.298 e. The van der Waals surface area contributed by atoms with Crippen molar-refractivity contribution in [3.63, 3.8) is 0 Å². The minimum absolute atomic E-state index is 0.144. The number of amides is 1. The van der Waals surface area contributed by atoms with Gasteiger partial charge in [-0.15, -0.1) is 0 Å². The Morgan fingerprint density at radius 1 is 0.978 bits per heavy atom. The number of carbonyl (C=O) groups is 1. The molecule has 2 fully saturated rings. The third-order valence-electron chi connectivity index (χ3n) is 8.90. The van der Waals surface area contributed by atoms with E-state index >= 15 is 8.78 Å². The van der Waals surface area contributed by atoms with Gasteiger partial charge in [-0.05, 0) is 80.1 Å². The second-order valence-electron chi connectivity index (χ2n) is 12.1. The molecular weight excluding hydrogens is 624 g/mol. The smallest absolute Gasteiger partial charge is 0.298 e. The number of piperidine rings is 1. The molecule has 0 radical (unpaired) electrons. The molecule has 3 N–H and O–H groups in total. The fraction of sp³-hybridized carbons (Fsp3) is 0.424. The summed E-state index contributed by atoms with van der Waals surface area (Å²) < 4.78 is 73.7. The summed E-state index contributed by atoms with van der Waals surface area (Å²) in [4.78, 5) is 14.7. The molecule has 0 spiro atoms. The Hall–Kier alpha value is -3.25. The number of hydrogen-bond donors (Lipinski definition) is 2. The zero-order valence-electron chi connectivity index (χ0n) is 24.7. The number of rotatable bonds is 9. The van der Waals surface area contributed by atoms with E-state index < -0.39 is 33.5 Å². The van der Waals surface area contributed by atoms with E-state index in [0.717, 1.165) is 18.9 Å². The van der Waals surface area contributed by atoms with Crippen molar-refractivity contribution < 1.29 is 31.1 Å². The van der Waals surface area contributed by atoms with Crippen molar-refractivity contribution in [2.45, 2.75) is 67.8 Å². The molecule has 1 amide bonds. The third kappa shape index (κ3) is 6.82. The van der Waals surface area contributed by atoms with Crippen molar-refractivity contribution >= 4 is 49.5 Å². The van der Waals surface area contributed by atoms with E-state index in [0.29, 0.717) is 52.5 Å². The van der Waals surface area contributed by atoms with Gasteiger partial charge in [0.15, 0.2) is 6.04 Å². The fourth-order valence-electron chi connectivity index (χ4n) is 6.21. The summed E-state index contributed by atoms with van der Waals surface area (Å²) in [5.74, 6) is -4.03. The van der Waals surface area contributed by atoms with E-state index in [4.69, 9.17) is 26.5 Å². The second-order valence-corrected chi connectivity index (χ2v) is 14.2. The van der Waals surface area contributed by atoms with Gasteiger partial charge >= 0.3 is 0 Å². The molecular formula is C33H36ClF2N3O5S. The molecule has 1 aromatic heterocycles.